The highest BCUT2D eigenvalue weighted by molar-refractivity contribution is 5.89. The van der Waals surface area contributed by atoms with Gasteiger partial charge >= 0.3 is 0 Å². The maximum Gasteiger partial charge on any atom is 0.252 e. The first-order valence-corrected chi connectivity index (χ1v) is 16.1. The molecule has 2 heterocycles. The molecule has 5 fully saturated rings. The molecule has 0 radical (unpaired) electrons. The van der Waals surface area contributed by atoms with Crippen molar-refractivity contribution in [1.29, 1.82) is 0 Å². The van der Waals surface area contributed by atoms with E-state index < -0.39 is 41.9 Å². The number of fused-ring (bicyclic) bond motifs is 1. The Morgan fingerprint density at radius 1 is 0.809 bits per heavy atom. The molecule has 2 aromatic carbocycles. The van der Waals surface area contributed by atoms with Crippen molar-refractivity contribution in [3.05, 3.63) is 46.1 Å². The first-order valence-electron chi connectivity index (χ1n) is 16.1. The lowest BCUT2D eigenvalue weighted by Gasteiger charge is -2.57. The molecule has 5 atom stereocenters. The Kier molecular flexibility index (Phi) is 8.10. The number of carbonyl (C=O) groups is 1. The molecule has 4 N–H and O–H groups in total. The number of aliphatic hydroxyl groups is 3. The predicted molar refractivity (Wildman–Crippen MR) is 169 cm³/mol. The number of ether oxygens (including phenoxy) is 5. The average molecular weight is 652 g/mol. The quantitative estimate of drug-likeness (QED) is 0.283. The van der Waals surface area contributed by atoms with Gasteiger partial charge in [-0.2, -0.15) is 0 Å². The molecule has 1 saturated heterocycles. The third kappa shape index (κ3) is 5.31. The molecule has 4 bridgehead atoms. The van der Waals surface area contributed by atoms with E-state index in [2.05, 4.69) is 5.32 Å². The van der Waals surface area contributed by atoms with E-state index in [1.54, 1.807) is 18.2 Å². The van der Waals surface area contributed by atoms with Crippen LogP contribution in [-0.4, -0.2) is 79.6 Å². The smallest absolute Gasteiger partial charge is 0.252 e. The van der Waals surface area contributed by atoms with Crippen molar-refractivity contribution < 1.29 is 48.2 Å². The molecule has 0 unspecified atom stereocenters. The van der Waals surface area contributed by atoms with Gasteiger partial charge in [0.05, 0.1) is 34.0 Å². The summed E-state index contributed by atoms with van der Waals surface area (Å²) < 4.78 is 34.5. The number of hydrogen-bond donors (Lipinski definition) is 4. The third-order valence-corrected chi connectivity index (χ3v) is 10.6. The fourth-order valence-electron chi connectivity index (χ4n) is 8.99. The monoisotopic (exact) mass is 651 g/mol. The highest BCUT2D eigenvalue weighted by Crippen LogP contribution is 2.56. The average Bonchev–Trinajstić information content (AvgIpc) is 3.05. The number of amides is 1. The number of carbonyl (C=O) groups excluding carboxylic acids is 1. The molecule has 1 amide bonds. The maximum absolute atomic E-state index is 13.8. The molecule has 12 heteroatoms. The highest BCUT2D eigenvalue weighted by atomic mass is 16.5. The van der Waals surface area contributed by atoms with E-state index in [0.717, 1.165) is 19.3 Å². The van der Waals surface area contributed by atoms with Crippen molar-refractivity contribution in [2.24, 2.45) is 17.8 Å². The zero-order valence-electron chi connectivity index (χ0n) is 26.9. The van der Waals surface area contributed by atoms with Gasteiger partial charge < -0.3 is 48.7 Å². The van der Waals surface area contributed by atoms with Crippen LogP contribution in [0.5, 0.6) is 23.0 Å². The molecular formula is C35H41NO11. The van der Waals surface area contributed by atoms with Crippen LogP contribution in [0.3, 0.4) is 0 Å². The van der Waals surface area contributed by atoms with Gasteiger partial charge in [0.15, 0.2) is 23.0 Å². The fraction of sp³-hybridized carbons (Fsp3) is 0.543. The lowest BCUT2D eigenvalue weighted by Crippen LogP contribution is -2.65. The lowest BCUT2D eigenvalue weighted by atomic mass is 9.53. The predicted octanol–water partition coefficient (Wildman–Crippen LogP) is 3.10. The molecule has 12 nitrogen and oxygen atoms in total. The Hall–Kier alpha value is -3.84. The normalized spacial score (nSPS) is 32.7. The van der Waals surface area contributed by atoms with E-state index in [1.807, 2.05) is 0 Å². The van der Waals surface area contributed by atoms with Gasteiger partial charge in [-0.1, -0.05) is 0 Å². The van der Waals surface area contributed by atoms with Crippen molar-refractivity contribution in [3.63, 3.8) is 0 Å². The SMILES string of the molecule is COc1ccc(-c2cc(=O)c3c(OC)c([C@@H]4O[C@H](C(=O)NC56CC7CC(CC(C7)C5)C6)[C@@H](O)[C@H](O)[C@H]4O)c(OC)cc3o2)cc1OC. The van der Waals surface area contributed by atoms with Crippen LogP contribution < -0.4 is 29.7 Å². The first-order chi connectivity index (χ1) is 22.6. The maximum atomic E-state index is 13.8. The summed E-state index contributed by atoms with van der Waals surface area (Å²) in [6, 6.07) is 7.87. The van der Waals surface area contributed by atoms with Gasteiger partial charge in [0.1, 0.15) is 52.6 Å². The van der Waals surface area contributed by atoms with Crippen molar-refractivity contribution in [2.45, 2.75) is 74.6 Å². The highest BCUT2D eigenvalue weighted by Gasteiger charge is 2.54. The molecule has 4 saturated carbocycles. The van der Waals surface area contributed by atoms with Crippen LogP contribution in [0.25, 0.3) is 22.3 Å². The van der Waals surface area contributed by atoms with Crippen LogP contribution in [-0.2, 0) is 9.53 Å². The first kappa shape index (κ1) is 31.7. The summed E-state index contributed by atoms with van der Waals surface area (Å²) in [6.45, 7) is 0. The fourth-order valence-corrected chi connectivity index (χ4v) is 8.99. The van der Waals surface area contributed by atoms with Gasteiger partial charge in [0.25, 0.3) is 5.91 Å². The van der Waals surface area contributed by atoms with Gasteiger partial charge in [0, 0.05) is 23.2 Å². The Morgan fingerprint density at radius 3 is 2.04 bits per heavy atom. The van der Waals surface area contributed by atoms with Crippen LogP contribution in [0.2, 0.25) is 0 Å². The minimum absolute atomic E-state index is 0.0140. The number of aliphatic hydroxyl groups excluding tert-OH is 3. The summed E-state index contributed by atoms with van der Waals surface area (Å²) in [5.41, 5.74) is -0.0474. The molecule has 1 aliphatic heterocycles. The van der Waals surface area contributed by atoms with Gasteiger partial charge in [0.2, 0.25) is 0 Å². The Morgan fingerprint density at radius 2 is 1.45 bits per heavy atom. The second-order valence-corrected chi connectivity index (χ2v) is 13.6. The molecule has 5 aliphatic rings. The number of methoxy groups -OCH3 is 4. The lowest BCUT2D eigenvalue weighted by molar-refractivity contribution is -0.224. The van der Waals surface area contributed by atoms with Crippen LogP contribution >= 0.6 is 0 Å². The molecule has 8 rings (SSSR count). The molecule has 1 aromatic heterocycles. The van der Waals surface area contributed by atoms with E-state index in [0.29, 0.717) is 34.8 Å². The molecule has 4 aliphatic carbocycles. The number of nitrogens with one attached hydrogen (secondary N) is 1. The number of rotatable bonds is 8. The minimum Gasteiger partial charge on any atom is -0.496 e. The van der Waals surface area contributed by atoms with Crippen molar-refractivity contribution in [3.8, 4) is 34.3 Å². The van der Waals surface area contributed by atoms with E-state index >= 15 is 0 Å². The van der Waals surface area contributed by atoms with Crippen molar-refractivity contribution in [1.82, 2.24) is 5.32 Å². The summed E-state index contributed by atoms with van der Waals surface area (Å²) in [5, 5.41) is 36.5. The van der Waals surface area contributed by atoms with Gasteiger partial charge in [-0.15, -0.1) is 0 Å². The van der Waals surface area contributed by atoms with Crippen molar-refractivity contribution in [2.75, 3.05) is 28.4 Å². The molecule has 0 spiro atoms. The molecular weight excluding hydrogens is 610 g/mol. The minimum atomic E-state index is -1.74. The summed E-state index contributed by atoms with van der Waals surface area (Å²) in [4.78, 5) is 27.5. The Balaban J connectivity index is 1.25. The number of hydrogen-bond acceptors (Lipinski definition) is 11. The third-order valence-electron chi connectivity index (χ3n) is 10.6. The standard InChI is InChI=1S/C35H41NO11/c1-42-21-6-5-19(10-23(21)43-2)22-11-20(37)26-25(46-22)12-24(44-3)27(31(26)45-4)32-29(39)28(38)30(40)33(47-32)34(41)36-35-13-16-7-17(14-35)9-18(8-16)15-35/h5-6,10-12,16-18,28-30,32-33,38-40H,7-9,13-15H2,1-4H3,(H,36,41)/t16?,17?,18?,28-,29-,30+,32+,33+,35?/m1/s1. The summed E-state index contributed by atoms with van der Waals surface area (Å²) >= 11 is 0. The van der Waals surface area contributed by atoms with Gasteiger partial charge in [-0.05, 0) is 74.5 Å². The molecule has 252 valence electrons. The van der Waals surface area contributed by atoms with Crippen LogP contribution in [0.4, 0.5) is 0 Å². The number of benzene rings is 2. The van der Waals surface area contributed by atoms with Crippen molar-refractivity contribution >= 4 is 16.9 Å². The Bertz CT molecular complexity index is 1720. The summed E-state index contributed by atoms with van der Waals surface area (Å²) in [6.07, 6.45) is -1.80. The largest absolute Gasteiger partial charge is 0.496 e. The van der Waals surface area contributed by atoms with Crippen LogP contribution in [0.15, 0.2) is 39.5 Å². The van der Waals surface area contributed by atoms with E-state index in [4.69, 9.17) is 28.1 Å². The second kappa shape index (κ2) is 12.0. The van der Waals surface area contributed by atoms with E-state index in [9.17, 15) is 24.9 Å². The van der Waals surface area contributed by atoms with Gasteiger partial charge in [-0.3, -0.25) is 9.59 Å². The second-order valence-electron chi connectivity index (χ2n) is 13.6. The van der Waals surface area contributed by atoms with E-state index in [1.165, 1.54) is 59.8 Å². The zero-order valence-corrected chi connectivity index (χ0v) is 26.9. The molecule has 47 heavy (non-hydrogen) atoms. The summed E-state index contributed by atoms with van der Waals surface area (Å²) in [5.74, 6) is 2.48. The van der Waals surface area contributed by atoms with E-state index in [-0.39, 0.29) is 39.3 Å². The van der Waals surface area contributed by atoms with Gasteiger partial charge in [-0.25, -0.2) is 0 Å². The zero-order chi connectivity index (χ0) is 33.2. The summed E-state index contributed by atoms with van der Waals surface area (Å²) in [7, 11) is 5.76. The van der Waals surface area contributed by atoms with Crippen LogP contribution in [0.1, 0.15) is 50.2 Å². The molecule has 3 aromatic rings. The van der Waals surface area contributed by atoms with Crippen LogP contribution in [0, 0.1) is 17.8 Å². The Labute approximate surface area is 271 Å². The topological polar surface area (TPSA) is 166 Å².